The summed E-state index contributed by atoms with van der Waals surface area (Å²) in [7, 11) is 0. The van der Waals surface area contributed by atoms with Crippen LogP contribution in [0, 0.1) is 5.92 Å². The van der Waals surface area contributed by atoms with Crippen LogP contribution in [0.4, 0.5) is 5.00 Å². The minimum absolute atomic E-state index is 0.366. The van der Waals surface area contributed by atoms with E-state index >= 15 is 0 Å². The lowest BCUT2D eigenvalue weighted by atomic mass is 9.85. The molecule has 3 rings (SSSR count). The topological polar surface area (TPSA) is 50.9 Å². The van der Waals surface area contributed by atoms with Crippen molar-refractivity contribution in [3.63, 3.8) is 0 Å². The van der Waals surface area contributed by atoms with Gasteiger partial charge >= 0.3 is 0 Å². The molecule has 2 atom stereocenters. The van der Waals surface area contributed by atoms with Crippen LogP contribution >= 0.6 is 11.5 Å². The Bertz CT molecular complexity index is 522. The van der Waals surface area contributed by atoms with E-state index in [1.165, 1.54) is 36.1 Å². The highest BCUT2D eigenvalue weighted by molar-refractivity contribution is 7.11. The molecule has 0 spiro atoms. The summed E-state index contributed by atoms with van der Waals surface area (Å²) in [6, 6.07) is 8.65. The fraction of sp³-hybridized carbons (Fsp3) is 0.500. The van der Waals surface area contributed by atoms with E-state index in [0.29, 0.717) is 12.0 Å². The second kappa shape index (κ2) is 5.24. The first-order chi connectivity index (χ1) is 8.84. The fourth-order valence-electron chi connectivity index (χ4n) is 2.73. The van der Waals surface area contributed by atoms with Crippen LogP contribution in [0.3, 0.4) is 0 Å². The van der Waals surface area contributed by atoms with Gasteiger partial charge in [-0.15, -0.1) is 0 Å². The van der Waals surface area contributed by atoms with Gasteiger partial charge in [0.2, 0.25) is 0 Å². The van der Waals surface area contributed by atoms with Gasteiger partial charge in [0.15, 0.2) is 0 Å². The molecule has 4 heteroatoms. The zero-order valence-electron chi connectivity index (χ0n) is 10.4. The lowest BCUT2D eigenvalue weighted by Gasteiger charge is -2.28. The van der Waals surface area contributed by atoms with Crippen molar-refractivity contribution in [3.8, 4) is 0 Å². The van der Waals surface area contributed by atoms with Crippen molar-refractivity contribution in [3.05, 3.63) is 24.3 Å². The first kappa shape index (κ1) is 11.9. The van der Waals surface area contributed by atoms with Gasteiger partial charge in [0.05, 0.1) is 5.52 Å². The Labute approximate surface area is 112 Å². The third-order valence-corrected chi connectivity index (χ3v) is 4.71. The van der Waals surface area contributed by atoms with Gasteiger partial charge in [-0.05, 0) is 42.4 Å². The molecule has 18 heavy (non-hydrogen) atoms. The number of nitrogens with zero attached hydrogens (tertiary/aromatic N) is 1. The van der Waals surface area contributed by atoms with Gasteiger partial charge in [0.25, 0.3) is 0 Å². The zero-order chi connectivity index (χ0) is 12.4. The minimum atomic E-state index is 0.366. The minimum Gasteiger partial charge on any atom is -0.375 e. The van der Waals surface area contributed by atoms with E-state index in [0.717, 1.165) is 12.1 Å². The van der Waals surface area contributed by atoms with Crippen LogP contribution in [0.25, 0.3) is 10.9 Å². The third kappa shape index (κ3) is 2.35. The highest BCUT2D eigenvalue weighted by Crippen LogP contribution is 2.29. The highest BCUT2D eigenvalue weighted by Gasteiger charge is 2.21. The molecule has 0 amide bonds. The van der Waals surface area contributed by atoms with Crippen LogP contribution in [0.2, 0.25) is 0 Å². The van der Waals surface area contributed by atoms with Crippen LogP contribution in [0.1, 0.15) is 25.7 Å². The largest absolute Gasteiger partial charge is 0.375 e. The number of fused-ring (bicyclic) bond motifs is 1. The molecule has 2 aromatic rings. The lowest BCUT2D eigenvalue weighted by Crippen LogP contribution is -2.37. The molecule has 0 aliphatic heterocycles. The van der Waals surface area contributed by atoms with Gasteiger partial charge in [-0.1, -0.05) is 25.0 Å². The first-order valence-corrected chi connectivity index (χ1v) is 7.46. The number of nitrogens with two attached hydrogens (primary N) is 1. The molecule has 1 aromatic carbocycles. The van der Waals surface area contributed by atoms with Crippen LogP contribution in [-0.4, -0.2) is 17.0 Å². The van der Waals surface area contributed by atoms with E-state index in [1.807, 2.05) is 6.07 Å². The molecule has 3 N–H and O–H groups in total. The summed E-state index contributed by atoms with van der Waals surface area (Å²) in [5.41, 5.74) is 7.26. The van der Waals surface area contributed by atoms with Crippen LogP contribution in [0.15, 0.2) is 24.3 Å². The Morgan fingerprint density at radius 3 is 3.00 bits per heavy atom. The maximum absolute atomic E-state index is 6.18. The molecule has 1 aliphatic rings. The predicted molar refractivity (Wildman–Crippen MR) is 78.0 cm³/mol. The van der Waals surface area contributed by atoms with Crippen LogP contribution in [0.5, 0.6) is 0 Å². The first-order valence-electron chi connectivity index (χ1n) is 6.68. The molecule has 1 aromatic heterocycles. The SMILES string of the molecule is NC1CCCCC1CNc1snc2ccccc12. The second-order valence-electron chi connectivity index (χ2n) is 5.12. The van der Waals surface area contributed by atoms with Gasteiger partial charge < -0.3 is 11.1 Å². The molecule has 1 heterocycles. The number of hydrogen-bond donors (Lipinski definition) is 2. The predicted octanol–water partition coefficient (Wildman–Crippen LogP) is 3.23. The summed E-state index contributed by atoms with van der Waals surface area (Å²) in [6.45, 7) is 0.980. The smallest absolute Gasteiger partial charge is 0.117 e. The molecule has 0 radical (unpaired) electrons. The highest BCUT2D eigenvalue weighted by atomic mass is 32.1. The maximum atomic E-state index is 6.18. The summed E-state index contributed by atoms with van der Waals surface area (Å²) >= 11 is 1.55. The third-order valence-electron chi connectivity index (χ3n) is 3.88. The van der Waals surface area contributed by atoms with Crippen LogP contribution < -0.4 is 11.1 Å². The van der Waals surface area contributed by atoms with E-state index in [-0.39, 0.29) is 0 Å². The molecule has 1 saturated carbocycles. The molecular weight excluding hydrogens is 242 g/mol. The number of anilines is 1. The molecule has 0 saturated heterocycles. The van der Waals surface area contributed by atoms with Crippen molar-refractivity contribution >= 4 is 27.4 Å². The monoisotopic (exact) mass is 261 g/mol. The van der Waals surface area contributed by atoms with Crippen molar-refractivity contribution in [1.82, 2.24) is 4.37 Å². The summed E-state index contributed by atoms with van der Waals surface area (Å²) in [6.07, 6.45) is 5.05. The summed E-state index contributed by atoms with van der Waals surface area (Å²) in [5.74, 6) is 0.611. The fourth-order valence-corrected chi connectivity index (χ4v) is 3.50. The molecule has 2 unspecified atom stereocenters. The molecule has 1 fully saturated rings. The van der Waals surface area contributed by atoms with E-state index in [2.05, 4.69) is 27.9 Å². The van der Waals surface area contributed by atoms with Crippen molar-refractivity contribution in [1.29, 1.82) is 0 Å². The molecule has 1 aliphatic carbocycles. The standard InChI is InChI=1S/C14H19N3S/c15-12-7-3-1-5-10(12)9-16-14-11-6-2-4-8-13(11)17-18-14/h2,4,6,8,10,12,16H,1,3,5,7,9,15H2. The average molecular weight is 261 g/mol. The number of aromatic nitrogens is 1. The Morgan fingerprint density at radius 2 is 2.11 bits per heavy atom. The number of rotatable bonds is 3. The molecule has 3 nitrogen and oxygen atoms in total. The average Bonchev–Trinajstić information content (AvgIpc) is 2.81. The van der Waals surface area contributed by atoms with Crippen molar-refractivity contribution < 1.29 is 0 Å². The molecule has 96 valence electrons. The Hall–Kier alpha value is -1.13. The van der Waals surface area contributed by atoms with Gasteiger partial charge in [0.1, 0.15) is 5.00 Å². The Kier molecular flexibility index (Phi) is 3.48. The lowest BCUT2D eigenvalue weighted by molar-refractivity contribution is 0.321. The molecule has 0 bridgehead atoms. The summed E-state index contributed by atoms with van der Waals surface area (Å²) in [5, 5.41) is 5.96. The van der Waals surface area contributed by atoms with Gasteiger partial charge in [-0.3, -0.25) is 0 Å². The maximum Gasteiger partial charge on any atom is 0.117 e. The quantitative estimate of drug-likeness (QED) is 0.892. The Balaban J connectivity index is 1.69. The van der Waals surface area contributed by atoms with E-state index in [4.69, 9.17) is 5.73 Å². The number of hydrogen-bond acceptors (Lipinski definition) is 4. The normalized spacial score (nSPS) is 24.3. The van der Waals surface area contributed by atoms with Crippen LogP contribution in [-0.2, 0) is 0 Å². The van der Waals surface area contributed by atoms with E-state index in [1.54, 1.807) is 11.5 Å². The van der Waals surface area contributed by atoms with E-state index < -0.39 is 0 Å². The van der Waals surface area contributed by atoms with Crippen molar-refractivity contribution in [2.75, 3.05) is 11.9 Å². The number of nitrogens with one attached hydrogen (secondary N) is 1. The van der Waals surface area contributed by atoms with Gasteiger partial charge in [-0.2, -0.15) is 4.37 Å². The van der Waals surface area contributed by atoms with Gasteiger partial charge in [-0.25, -0.2) is 0 Å². The summed E-state index contributed by atoms with van der Waals surface area (Å²) < 4.78 is 4.45. The molecular formula is C14H19N3S. The Morgan fingerprint density at radius 1 is 1.28 bits per heavy atom. The van der Waals surface area contributed by atoms with E-state index in [9.17, 15) is 0 Å². The summed E-state index contributed by atoms with van der Waals surface area (Å²) in [4.78, 5) is 0. The van der Waals surface area contributed by atoms with Crippen molar-refractivity contribution in [2.45, 2.75) is 31.7 Å². The second-order valence-corrected chi connectivity index (χ2v) is 5.89. The number of benzene rings is 1. The zero-order valence-corrected chi connectivity index (χ0v) is 11.2. The van der Waals surface area contributed by atoms with Crippen molar-refractivity contribution in [2.24, 2.45) is 11.7 Å². The van der Waals surface area contributed by atoms with Gasteiger partial charge in [0, 0.05) is 18.0 Å².